The van der Waals surface area contributed by atoms with Crippen LogP contribution in [-0.4, -0.2) is 61.5 Å². The summed E-state index contributed by atoms with van der Waals surface area (Å²) < 4.78 is 5.34. The first-order valence-corrected chi connectivity index (χ1v) is 9.67. The summed E-state index contributed by atoms with van der Waals surface area (Å²) in [5, 5.41) is 7.51. The summed E-state index contributed by atoms with van der Waals surface area (Å²) in [6.07, 6.45) is 8.15. The minimum atomic E-state index is -0.00412. The first-order chi connectivity index (χ1) is 11.6. The third-order valence-electron chi connectivity index (χ3n) is 4.17. The third kappa shape index (κ3) is 7.89. The Morgan fingerprint density at radius 2 is 2.24 bits per heavy atom. The normalized spacial score (nSPS) is 20.0. The van der Waals surface area contributed by atoms with Crippen LogP contribution in [0.2, 0.25) is 0 Å². The highest BCUT2D eigenvalue weighted by atomic mass is 127. The van der Waals surface area contributed by atoms with Gasteiger partial charge < -0.3 is 20.0 Å². The molecule has 0 aliphatic heterocycles. The van der Waals surface area contributed by atoms with Gasteiger partial charge in [0.2, 0.25) is 5.91 Å². The topological polar surface area (TPSA) is 69.9 Å². The number of amides is 1. The Bertz CT molecular complexity index is 537. The first-order valence-electron chi connectivity index (χ1n) is 8.38. The minimum absolute atomic E-state index is 0. The number of likely N-dealkylation sites (N-methyl/N-ethyl adjacent to an activating group) is 1. The third-order valence-corrected chi connectivity index (χ3v) is 5.27. The van der Waals surface area contributed by atoms with Crippen molar-refractivity contribution in [1.82, 2.24) is 15.5 Å². The van der Waals surface area contributed by atoms with E-state index in [0.29, 0.717) is 18.5 Å². The Labute approximate surface area is 171 Å². The number of nitrogens with one attached hydrogen (secondary N) is 2. The van der Waals surface area contributed by atoms with Crippen LogP contribution in [0.5, 0.6) is 0 Å². The molecule has 8 heteroatoms. The van der Waals surface area contributed by atoms with Gasteiger partial charge in [-0.3, -0.25) is 4.79 Å². The molecule has 2 N–H and O–H groups in total. The number of carbonyl (C=O) groups excluding carboxylic acids is 1. The van der Waals surface area contributed by atoms with E-state index in [1.807, 2.05) is 23.9 Å². The molecule has 2 atom stereocenters. The fourth-order valence-electron chi connectivity index (χ4n) is 2.68. The molecule has 1 aliphatic carbocycles. The quantitative estimate of drug-likeness (QED) is 0.356. The van der Waals surface area contributed by atoms with E-state index in [2.05, 4.69) is 21.9 Å². The Morgan fingerprint density at radius 3 is 2.84 bits per heavy atom. The van der Waals surface area contributed by atoms with Gasteiger partial charge in [0.25, 0.3) is 0 Å². The van der Waals surface area contributed by atoms with E-state index in [1.165, 1.54) is 6.42 Å². The molecule has 1 fully saturated rings. The highest BCUT2D eigenvalue weighted by molar-refractivity contribution is 14.0. The average Bonchev–Trinajstić information content (AvgIpc) is 3.23. The number of hydrogen-bond donors (Lipinski definition) is 2. The van der Waals surface area contributed by atoms with Crippen LogP contribution in [0.3, 0.4) is 0 Å². The fourth-order valence-corrected chi connectivity index (χ4v) is 3.47. The zero-order valence-corrected chi connectivity index (χ0v) is 18.3. The number of rotatable bonds is 7. The molecule has 1 heterocycles. The maximum atomic E-state index is 11.8. The van der Waals surface area contributed by atoms with Gasteiger partial charge in [-0.05, 0) is 37.7 Å². The summed E-state index contributed by atoms with van der Waals surface area (Å²) in [5.74, 6) is 1.65. The number of carbonyl (C=O) groups is 1. The number of aliphatic imine (C=N–C) groups is 1. The SMILES string of the molecule is CSC1CCC(NC(=NCC(=O)N(C)C)NCCc2ccco2)C1.I. The molecule has 1 amide bonds. The van der Waals surface area contributed by atoms with Crippen LogP contribution < -0.4 is 10.6 Å². The molecular weight excluding hydrogens is 451 g/mol. The summed E-state index contributed by atoms with van der Waals surface area (Å²) in [7, 11) is 3.49. The Morgan fingerprint density at radius 1 is 1.44 bits per heavy atom. The lowest BCUT2D eigenvalue weighted by atomic mass is 10.2. The van der Waals surface area contributed by atoms with Gasteiger partial charge in [-0.25, -0.2) is 4.99 Å². The van der Waals surface area contributed by atoms with Crippen molar-refractivity contribution < 1.29 is 9.21 Å². The van der Waals surface area contributed by atoms with Crippen LogP contribution in [-0.2, 0) is 11.2 Å². The molecule has 0 saturated heterocycles. The van der Waals surface area contributed by atoms with E-state index >= 15 is 0 Å². The van der Waals surface area contributed by atoms with Crippen LogP contribution in [0.1, 0.15) is 25.0 Å². The van der Waals surface area contributed by atoms with Crippen molar-refractivity contribution in [3.8, 4) is 0 Å². The zero-order chi connectivity index (χ0) is 17.4. The van der Waals surface area contributed by atoms with Crippen LogP contribution in [0.25, 0.3) is 0 Å². The largest absolute Gasteiger partial charge is 0.469 e. The number of thioether (sulfide) groups is 1. The van der Waals surface area contributed by atoms with E-state index < -0.39 is 0 Å². The van der Waals surface area contributed by atoms with Crippen molar-refractivity contribution in [2.45, 2.75) is 37.0 Å². The summed E-state index contributed by atoms with van der Waals surface area (Å²) >= 11 is 1.93. The predicted molar refractivity (Wildman–Crippen MR) is 115 cm³/mol. The van der Waals surface area contributed by atoms with Crippen molar-refractivity contribution in [3.63, 3.8) is 0 Å². The Kier molecular flexibility index (Phi) is 10.3. The molecule has 2 rings (SSSR count). The molecule has 0 spiro atoms. The number of guanidine groups is 1. The van der Waals surface area contributed by atoms with Gasteiger partial charge in [0.05, 0.1) is 6.26 Å². The molecule has 1 aromatic heterocycles. The molecule has 142 valence electrons. The van der Waals surface area contributed by atoms with E-state index in [-0.39, 0.29) is 36.4 Å². The molecular formula is C17H29IN4O2S. The zero-order valence-electron chi connectivity index (χ0n) is 15.2. The average molecular weight is 480 g/mol. The van der Waals surface area contributed by atoms with Crippen LogP contribution >= 0.6 is 35.7 Å². The lowest BCUT2D eigenvalue weighted by Crippen LogP contribution is -2.44. The monoisotopic (exact) mass is 480 g/mol. The van der Waals surface area contributed by atoms with Gasteiger partial charge in [0.15, 0.2) is 5.96 Å². The minimum Gasteiger partial charge on any atom is -0.469 e. The van der Waals surface area contributed by atoms with Crippen LogP contribution in [0.4, 0.5) is 0 Å². The molecule has 1 aliphatic rings. The smallest absolute Gasteiger partial charge is 0.243 e. The van der Waals surface area contributed by atoms with E-state index in [1.54, 1.807) is 25.3 Å². The fraction of sp³-hybridized carbons (Fsp3) is 0.647. The van der Waals surface area contributed by atoms with Crippen LogP contribution in [0, 0.1) is 0 Å². The molecule has 1 aromatic rings. The van der Waals surface area contributed by atoms with E-state index in [9.17, 15) is 4.79 Å². The van der Waals surface area contributed by atoms with Crippen LogP contribution in [0.15, 0.2) is 27.8 Å². The van der Waals surface area contributed by atoms with Crippen molar-refractivity contribution in [2.75, 3.05) is 33.4 Å². The van der Waals surface area contributed by atoms with E-state index in [4.69, 9.17) is 4.42 Å². The first kappa shape index (κ1) is 22.1. The molecule has 0 aromatic carbocycles. The second kappa shape index (κ2) is 11.7. The lowest BCUT2D eigenvalue weighted by molar-refractivity contribution is -0.127. The highest BCUT2D eigenvalue weighted by Gasteiger charge is 2.24. The van der Waals surface area contributed by atoms with Crippen molar-refractivity contribution >= 4 is 47.6 Å². The number of hydrogen-bond acceptors (Lipinski definition) is 4. The summed E-state index contributed by atoms with van der Waals surface area (Å²) in [4.78, 5) is 17.8. The molecule has 25 heavy (non-hydrogen) atoms. The predicted octanol–water partition coefficient (Wildman–Crippen LogP) is 2.35. The Hall–Kier alpha value is -0.900. The Balaban J connectivity index is 0.00000312. The standard InChI is InChI=1S/C17H28N4O2S.HI/c1-21(2)16(22)12-19-17(18-9-8-14-5-4-10-23-14)20-13-6-7-15(11-13)24-3;/h4-5,10,13,15H,6-9,11-12H2,1-3H3,(H2,18,19,20);1H. The number of furan rings is 1. The van der Waals surface area contributed by atoms with Gasteiger partial charge in [-0.15, -0.1) is 24.0 Å². The van der Waals surface area contributed by atoms with Crippen molar-refractivity contribution in [3.05, 3.63) is 24.2 Å². The van der Waals surface area contributed by atoms with Crippen molar-refractivity contribution in [2.24, 2.45) is 4.99 Å². The summed E-state index contributed by atoms with van der Waals surface area (Å²) in [5.41, 5.74) is 0. The molecule has 1 saturated carbocycles. The molecule has 6 nitrogen and oxygen atoms in total. The highest BCUT2D eigenvalue weighted by Crippen LogP contribution is 2.27. The number of halogens is 1. The second-order valence-corrected chi connectivity index (χ2v) is 7.36. The molecule has 2 unspecified atom stereocenters. The second-order valence-electron chi connectivity index (χ2n) is 6.22. The van der Waals surface area contributed by atoms with Gasteiger partial charge in [0.1, 0.15) is 12.3 Å². The summed E-state index contributed by atoms with van der Waals surface area (Å²) in [6, 6.07) is 4.27. The maximum absolute atomic E-state index is 11.8. The van der Waals surface area contributed by atoms with Crippen molar-refractivity contribution in [1.29, 1.82) is 0 Å². The van der Waals surface area contributed by atoms with Gasteiger partial charge >= 0.3 is 0 Å². The van der Waals surface area contributed by atoms with Gasteiger partial charge in [-0.1, -0.05) is 0 Å². The van der Waals surface area contributed by atoms with Gasteiger partial charge in [-0.2, -0.15) is 11.8 Å². The molecule has 0 bridgehead atoms. The maximum Gasteiger partial charge on any atom is 0.243 e. The number of nitrogens with zero attached hydrogens (tertiary/aromatic N) is 2. The lowest BCUT2D eigenvalue weighted by Gasteiger charge is -2.18. The summed E-state index contributed by atoms with van der Waals surface area (Å²) in [6.45, 7) is 0.871. The molecule has 0 radical (unpaired) electrons. The van der Waals surface area contributed by atoms with E-state index in [0.717, 1.165) is 30.3 Å². The van der Waals surface area contributed by atoms with Gasteiger partial charge in [0, 0.05) is 38.4 Å².